The Bertz CT molecular complexity index is 1340. The molecule has 2 aliphatic heterocycles. The summed E-state index contributed by atoms with van der Waals surface area (Å²) in [7, 11) is 1.58. The van der Waals surface area contributed by atoms with Gasteiger partial charge in [0, 0.05) is 55.1 Å². The fourth-order valence-electron chi connectivity index (χ4n) is 5.25. The highest BCUT2D eigenvalue weighted by atomic mass is 19.1. The second kappa shape index (κ2) is 8.34. The monoisotopic (exact) mass is 460 g/mol. The molecule has 2 aliphatic rings. The third-order valence-electron chi connectivity index (χ3n) is 6.83. The van der Waals surface area contributed by atoms with E-state index in [2.05, 4.69) is 14.8 Å². The van der Waals surface area contributed by atoms with Gasteiger partial charge in [0.25, 0.3) is 0 Å². The van der Waals surface area contributed by atoms with E-state index in [0.29, 0.717) is 23.6 Å². The molecule has 0 radical (unpaired) electrons. The number of fused-ring (bicyclic) bond motifs is 3. The number of imidazole rings is 1. The summed E-state index contributed by atoms with van der Waals surface area (Å²) in [6, 6.07) is 14.9. The van der Waals surface area contributed by atoms with Crippen molar-refractivity contribution in [2.75, 3.05) is 38.3 Å². The van der Waals surface area contributed by atoms with E-state index in [1.165, 1.54) is 12.1 Å². The Morgan fingerprint density at radius 2 is 1.91 bits per heavy atom. The van der Waals surface area contributed by atoms with Gasteiger partial charge in [-0.15, -0.1) is 5.10 Å². The number of aliphatic hydroxyl groups excluding tert-OH is 1. The van der Waals surface area contributed by atoms with E-state index >= 15 is 0 Å². The maximum absolute atomic E-state index is 13.6. The van der Waals surface area contributed by atoms with E-state index in [-0.39, 0.29) is 12.4 Å². The first-order chi connectivity index (χ1) is 16.6. The summed E-state index contributed by atoms with van der Waals surface area (Å²) in [5.41, 5.74) is 3.89. The minimum absolute atomic E-state index is 0.188. The first-order valence-electron chi connectivity index (χ1n) is 11.4. The minimum atomic E-state index is -0.292. The van der Waals surface area contributed by atoms with Gasteiger partial charge in [-0.25, -0.2) is 18.9 Å². The zero-order valence-electron chi connectivity index (χ0n) is 18.8. The highest BCUT2D eigenvalue weighted by Crippen LogP contribution is 2.36. The molecule has 2 fully saturated rings. The number of rotatable bonds is 6. The molecule has 1 N–H and O–H groups in total. The maximum Gasteiger partial charge on any atom is 0.213 e. The lowest BCUT2D eigenvalue weighted by Gasteiger charge is -2.34. The van der Waals surface area contributed by atoms with E-state index in [1.807, 2.05) is 28.8 Å². The van der Waals surface area contributed by atoms with Crippen LogP contribution in [0, 0.1) is 5.82 Å². The van der Waals surface area contributed by atoms with Crippen LogP contribution in [-0.4, -0.2) is 75.0 Å². The Morgan fingerprint density at radius 3 is 2.65 bits per heavy atom. The van der Waals surface area contributed by atoms with Gasteiger partial charge in [-0.1, -0.05) is 0 Å². The van der Waals surface area contributed by atoms with E-state index < -0.39 is 0 Å². The van der Waals surface area contributed by atoms with Gasteiger partial charge in [0.1, 0.15) is 17.3 Å². The number of methoxy groups -OCH3 is 1. The van der Waals surface area contributed by atoms with Crippen molar-refractivity contribution in [3.8, 4) is 28.4 Å². The van der Waals surface area contributed by atoms with Gasteiger partial charge >= 0.3 is 0 Å². The molecule has 34 heavy (non-hydrogen) atoms. The van der Waals surface area contributed by atoms with Crippen LogP contribution in [0.25, 0.3) is 28.2 Å². The van der Waals surface area contributed by atoms with Crippen molar-refractivity contribution in [3.63, 3.8) is 0 Å². The molecule has 9 heteroatoms. The van der Waals surface area contributed by atoms with Crippen LogP contribution < -0.4 is 9.64 Å². The van der Waals surface area contributed by atoms with Gasteiger partial charge in [-0.2, -0.15) is 0 Å². The van der Waals surface area contributed by atoms with Crippen molar-refractivity contribution < 1.29 is 14.2 Å². The molecule has 6 rings (SSSR count). The summed E-state index contributed by atoms with van der Waals surface area (Å²) < 4.78 is 20.8. The Hall–Kier alpha value is -3.56. The maximum atomic E-state index is 13.6. The molecule has 0 amide bonds. The predicted molar refractivity (Wildman–Crippen MR) is 126 cm³/mol. The molecule has 8 nitrogen and oxygen atoms in total. The zero-order chi connectivity index (χ0) is 23.2. The molecule has 174 valence electrons. The van der Waals surface area contributed by atoms with Crippen molar-refractivity contribution in [2.45, 2.75) is 18.5 Å². The van der Waals surface area contributed by atoms with Crippen LogP contribution in [0.4, 0.5) is 10.2 Å². The number of ether oxygens (including phenoxy) is 1. The number of anilines is 1. The van der Waals surface area contributed by atoms with Gasteiger partial charge in [0.2, 0.25) is 5.88 Å². The highest BCUT2D eigenvalue weighted by Gasteiger charge is 2.43. The van der Waals surface area contributed by atoms with Crippen molar-refractivity contribution in [1.82, 2.24) is 24.5 Å². The summed E-state index contributed by atoms with van der Waals surface area (Å²) in [6.07, 6.45) is 2.78. The molecule has 2 atom stereocenters. The fraction of sp³-hybridized carbons (Fsp3) is 0.320. The molecule has 0 unspecified atom stereocenters. The number of aliphatic hydroxyl groups is 1. The molecule has 2 bridgehead atoms. The number of likely N-dealkylation sites (tertiary alicyclic amines) is 1. The highest BCUT2D eigenvalue weighted by molar-refractivity contribution is 5.82. The predicted octanol–water partition coefficient (Wildman–Crippen LogP) is 2.86. The smallest absolute Gasteiger partial charge is 0.213 e. The second-order valence-electron chi connectivity index (χ2n) is 8.78. The third kappa shape index (κ3) is 3.48. The summed E-state index contributed by atoms with van der Waals surface area (Å²) >= 11 is 0. The Morgan fingerprint density at radius 1 is 1.06 bits per heavy atom. The van der Waals surface area contributed by atoms with Crippen LogP contribution in [-0.2, 0) is 0 Å². The Kier molecular flexibility index (Phi) is 5.15. The quantitative estimate of drug-likeness (QED) is 0.474. The Balaban J connectivity index is 1.46. The molecule has 5 heterocycles. The van der Waals surface area contributed by atoms with E-state index in [4.69, 9.17) is 14.8 Å². The van der Waals surface area contributed by atoms with Crippen molar-refractivity contribution in [1.29, 1.82) is 0 Å². The summed E-state index contributed by atoms with van der Waals surface area (Å²) in [6.45, 7) is 2.73. The molecule has 0 aliphatic carbocycles. The topological polar surface area (TPSA) is 79.0 Å². The molecular formula is C25H25FN6O2. The zero-order valence-corrected chi connectivity index (χ0v) is 18.8. The van der Waals surface area contributed by atoms with Crippen LogP contribution in [0.15, 0.2) is 54.7 Å². The summed E-state index contributed by atoms with van der Waals surface area (Å²) in [4.78, 5) is 13.8. The molecule has 1 aromatic carbocycles. The van der Waals surface area contributed by atoms with Gasteiger partial charge < -0.3 is 14.7 Å². The van der Waals surface area contributed by atoms with Gasteiger partial charge in [-0.05, 0) is 48.9 Å². The van der Waals surface area contributed by atoms with Crippen molar-refractivity contribution in [2.24, 2.45) is 0 Å². The van der Waals surface area contributed by atoms with Crippen LogP contribution >= 0.6 is 0 Å². The van der Waals surface area contributed by atoms with E-state index in [0.717, 1.165) is 54.4 Å². The van der Waals surface area contributed by atoms with Gasteiger partial charge in [-0.3, -0.25) is 4.90 Å². The third-order valence-corrected chi connectivity index (χ3v) is 6.83. The lowest BCUT2D eigenvalue weighted by Crippen LogP contribution is -2.47. The first kappa shape index (κ1) is 21.0. The largest absolute Gasteiger partial charge is 0.481 e. The lowest BCUT2D eigenvalue weighted by molar-refractivity contribution is 0.177. The fourth-order valence-corrected chi connectivity index (χ4v) is 5.25. The summed E-state index contributed by atoms with van der Waals surface area (Å²) in [5, 5.41) is 14.4. The number of hydrogen-bond donors (Lipinski definition) is 1. The lowest BCUT2D eigenvalue weighted by atomic mass is 10.1. The first-order valence-corrected chi connectivity index (χ1v) is 11.4. The normalized spacial score (nSPS) is 19.9. The molecular weight excluding hydrogens is 435 g/mol. The van der Waals surface area contributed by atoms with Crippen LogP contribution in [0.5, 0.6) is 5.88 Å². The average Bonchev–Trinajstić information content (AvgIpc) is 3.57. The number of pyridine rings is 1. The molecule has 3 aromatic heterocycles. The number of nitrogens with zero attached hydrogens (tertiary/aromatic N) is 6. The SMILES string of the molecule is COc1cc(-c2c(-c3ccc(F)cc3)nc3ccc(N4C[C@@H]5C[C@@H]4CN5CCO)nn23)ccn1. The number of aromatic nitrogens is 4. The number of hydrogen-bond acceptors (Lipinski definition) is 7. The number of halogens is 1. The number of benzene rings is 1. The molecule has 4 aromatic rings. The van der Waals surface area contributed by atoms with E-state index in [9.17, 15) is 9.50 Å². The second-order valence-corrected chi connectivity index (χ2v) is 8.78. The molecule has 0 spiro atoms. The molecule has 2 saturated heterocycles. The van der Waals surface area contributed by atoms with Gasteiger partial charge in [0.05, 0.1) is 19.4 Å². The van der Waals surface area contributed by atoms with E-state index in [1.54, 1.807) is 25.4 Å². The van der Waals surface area contributed by atoms with Crippen LogP contribution in [0.1, 0.15) is 6.42 Å². The number of piperazine rings is 1. The van der Waals surface area contributed by atoms with Crippen molar-refractivity contribution >= 4 is 11.5 Å². The minimum Gasteiger partial charge on any atom is -0.481 e. The number of β-amino-alcohol motifs (C(OH)–C–C–N with tert-alkyl or cyclic N) is 1. The van der Waals surface area contributed by atoms with Crippen LogP contribution in [0.3, 0.4) is 0 Å². The van der Waals surface area contributed by atoms with Gasteiger partial charge in [0.15, 0.2) is 5.65 Å². The molecule has 0 saturated carbocycles. The Labute approximate surface area is 196 Å². The summed E-state index contributed by atoms with van der Waals surface area (Å²) in [5.74, 6) is 1.10. The standard InChI is InChI=1S/C25H25FN6O2/c1-34-23-12-17(8-9-27-23)25-24(16-2-4-18(26)5-3-16)28-21-6-7-22(29-32(21)25)31-15-19-13-20(31)14-30(19)10-11-33/h2-9,12,19-20,33H,10-11,13-15H2,1H3/t19-,20+/m0/s1. The average molecular weight is 461 g/mol. The van der Waals surface area contributed by atoms with Crippen molar-refractivity contribution in [3.05, 3.63) is 60.5 Å². The van der Waals surface area contributed by atoms with Crippen LogP contribution in [0.2, 0.25) is 0 Å².